The van der Waals surface area contributed by atoms with Gasteiger partial charge in [0, 0.05) is 6.42 Å². The second kappa shape index (κ2) is 2.42. The van der Waals surface area contributed by atoms with Crippen LogP contribution in [0.3, 0.4) is 0 Å². The first-order valence-corrected chi connectivity index (χ1v) is 3.53. The predicted molar refractivity (Wildman–Crippen MR) is 36.6 cm³/mol. The van der Waals surface area contributed by atoms with Crippen molar-refractivity contribution in [3.05, 3.63) is 18.4 Å². The van der Waals surface area contributed by atoms with Gasteiger partial charge in [0.15, 0.2) is 6.39 Å². The van der Waals surface area contributed by atoms with E-state index in [1.54, 1.807) is 6.20 Å². The lowest BCUT2D eigenvalue weighted by atomic mass is 9.98. The van der Waals surface area contributed by atoms with E-state index in [9.17, 15) is 0 Å². The van der Waals surface area contributed by atoms with Gasteiger partial charge in [0.2, 0.25) is 0 Å². The number of hydrogen-bond acceptors (Lipinski definition) is 3. The summed E-state index contributed by atoms with van der Waals surface area (Å²) in [5, 5.41) is 3.21. The van der Waals surface area contributed by atoms with Gasteiger partial charge < -0.3 is 9.73 Å². The quantitative estimate of drug-likeness (QED) is 0.644. The van der Waals surface area contributed by atoms with Crippen LogP contribution in [0.15, 0.2) is 17.0 Å². The van der Waals surface area contributed by atoms with Crippen LogP contribution in [0.1, 0.15) is 5.76 Å². The molecule has 1 fully saturated rings. The van der Waals surface area contributed by atoms with Crippen molar-refractivity contribution in [2.75, 3.05) is 13.1 Å². The fourth-order valence-electron chi connectivity index (χ4n) is 1.12. The van der Waals surface area contributed by atoms with Gasteiger partial charge in [-0.05, 0) is 19.0 Å². The highest BCUT2D eigenvalue weighted by Gasteiger charge is 2.17. The third kappa shape index (κ3) is 1.04. The van der Waals surface area contributed by atoms with Gasteiger partial charge in [0.1, 0.15) is 5.76 Å². The van der Waals surface area contributed by atoms with Crippen LogP contribution >= 0.6 is 0 Å². The molecule has 1 aromatic heterocycles. The lowest BCUT2D eigenvalue weighted by Crippen LogP contribution is -2.42. The molecule has 3 nitrogen and oxygen atoms in total. The minimum Gasteiger partial charge on any atom is -0.449 e. The van der Waals surface area contributed by atoms with Gasteiger partial charge in [-0.1, -0.05) is 0 Å². The Labute approximate surface area is 59.4 Å². The van der Waals surface area contributed by atoms with Gasteiger partial charge in [-0.3, -0.25) is 0 Å². The van der Waals surface area contributed by atoms with Crippen LogP contribution < -0.4 is 5.32 Å². The topological polar surface area (TPSA) is 38.1 Å². The molecule has 2 rings (SSSR count). The molecule has 3 heteroatoms. The normalized spacial score (nSPS) is 18.8. The van der Waals surface area contributed by atoms with Crippen molar-refractivity contribution in [1.82, 2.24) is 10.3 Å². The van der Waals surface area contributed by atoms with Gasteiger partial charge in [-0.15, -0.1) is 0 Å². The lowest BCUT2D eigenvalue weighted by Gasteiger charge is -2.25. The summed E-state index contributed by atoms with van der Waals surface area (Å²) < 4.78 is 5.10. The van der Waals surface area contributed by atoms with E-state index in [-0.39, 0.29) is 0 Å². The van der Waals surface area contributed by atoms with Gasteiger partial charge in [-0.2, -0.15) is 0 Å². The molecule has 2 heterocycles. The van der Waals surface area contributed by atoms with Crippen molar-refractivity contribution in [3.8, 4) is 0 Å². The van der Waals surface area contributed by atoms with Crippen LogP contribution in [0.25, 0.3) is 0 Å². The molecule has 0 amide bonds. The lowest BCUT2D eigenvalue weighted by molar-refractivity contribution is 0.323. The summed E-state index contributed by atoms with van der Waals surface area (Å²) in [7, 11) is 0. The van der Waals surface area contributed by atoms with E-state index in [2.05, 4.69) is 10.3 Å². The van der Waals surface area contributed by atoms with Gasteiger partial charge in [0.05, 0.1) is 6.20 Å². The Morgan fingerprint density at radius 3 is 3.10 bits per heavy atom. The van der Waals surface area contributed by atoms with Crippen LogP contribution in [-0.2, 0) is 6.42 Å². The Bertz CT molecular complexity index is 191. The number of nitrogens with zero attached hydrogens (tertiary/aromatic N) is 1. The number of oxazole rings is 1. The first-order chi connectivity index (χ1) is 4.95. The molecule has 1 saturated heterocycles. The van der Waals surface area contributed by atoms with E-state index in [4.69, 9.17) is 4.42 Å². The Hall–Kier alpha value is -0.830. The molecule has 0 saturated carbocycles. The van der Waals surface area contributed by atoms with Crippen molar-refractivity contribution < 1.29 is 4.42 Å². The monoisotopic (exact) mass is 138 g/mol. The van der Waals surface area contributed by atoms with Gasteiger partial charge >= 0.3 is 0 Å². The molecule has 0 aromatic carbocycles. The van der Waals surface area contributed by atoms with Crippen molar-refractivity contribution in [2.24, 2.45) is 5.92 Å². The maximum Gasteiger partial charge on any atom is 0.180 e. The molecule has 0 aliphatic carbocycles. The van der Waals surface area contributed by atoms with Crippen molar-refractivity contribution in [3.63, 3.8) is 0 Å². The number of nitrogens with one attached hydrogen (secondary N) is 1. The maximum atomic E-state index is 5.10. The minimum absolute atomic E-state index is 0.771. The molecule has 54 valence electrons. The number of hydrogen-bond donors (Lipinski definition) is 1. The minimum atomic E-state index is 0.771. The molecule has 1 aliphatic rings. The average molecular weight is 138 g/mol. The average Bonchev–Trinajstić information content (AvgIpc) is 2.29. The van der Waals surface area contributed by atoms with E-state index in [1.165, 1.54) is 6.39 Å². The second-order valence-electron chi connectivity index (χ2n) is 2.70. The van der Waals surface area contributed by atoms with E-state index in [0.29, 0.717) is 0 Å². The Balaban J connectivity index is 1.90. The molecular weight excluding hydrogens is 128 g/mol. The molecule has 0 unspecified atom stereocenters. The van der Waals surface area contributed by atoms with E-state index < -0.39 is 0 Å². The third-order valence-electron chi connectivity index (χ3n) is 1.84. The fraction of sp³-hybridized carbons (Fsp3) is 0.571. The predicted octanol–water partition coefficient (Wildman–Crippen LogP) is 0.436. The molecule has 0 atom stereocenters. The standard InChI is InChI=1S/C7H10N2O/c1(6-2-8-3-6)7-4-9-5-10-7/h4-6,8H,1-3H2. The Morgan fingerprint density at radius 1 is 1.70 bits per heavy atom. The van der Waals surface area contributed by atoms with Crippen molar-refractivity contribution in [2.45, 2.75) is 6.42 Å². The SMILES string of the molecule is c1ncc(CC2CNC2)o1. The largest absolute Gasteiger partial charge is 0.449 e. The third-order valence-corrected chi connectivity index (χ3v) is 1.84. The van der Waals surface area contributed by atoms with E-state index in [0.717, 1.165) is 31.2 Å². The van der Waals surface area contributed by atoms with Crippen molar-refractivity contribution >= 4 is 0 Å². The van der Waals surface area contributed by atoms with Crippen LogP contribution in [0.2, 0.25) is 0 Å². The Morgan fingerprint density at radius 2 is 2.60 bits per heavy atom. The molecule has 0 bridgehead atoms. The van der Waals surface area contributed by atoms with Crippen molar-refractivity contribution in [1.29, 1.82) is 0 Å². The highest BCUT2D eigenvalue weighted by atomic mass is 16.3. The summed E-state index contributed by atoms with van der Waals surface area (Å²) in [4.78, 5) is 3.85. The highest BCUT2D eigenvalue weighted by molar-refractivity contribution is 4.93. The number of rotatable bonds is 2. The molecule has 1 aliphatic heterocycles. The van der Waals surface area contributed by atoms with E-state index >= 15 is 0 Å². The second-order valence-corrected chi connectivity index (χ2v) is 2.70. The van der Waals surface area contributed by atoms with Gasteiger partial charge in [-0.25, -0.2) is 4.98 Å². The summed E-state index contributed by atoms with van der Waals surface area (Å²) in [6, 6.07) is 0. The zero-order valence-electron chi connectivity index (χ0n) is 5.71. The van der Waals surface area contributed by atoms with Crippen LogP contribution in [0.4, 0.5) is 0 Å². The van der Waals surface area contributed by atoms with E-state index in [1.807, 2.05) is 0 Å². The maximum absolute atomic E-state index is 5.10. The molecule has 0 spiro atoms. The zero-order valence-corrected chi connectivity index (χ0v) is 5.71. The summed E-state index contributed by atoms with van der Waals surface area (Å²) in [5.41, 5.74) is 0. The summed E-state index contributed by atoms with van der Waals surface area (Å²) in [6.45, 7) is 2.25. The van der Waals surface area contributed by atoms with Gasteiger partial charge in [0.25, 0.3) is 0 Å². The molecule has 1 N–H and O–H groups in total. The summed E-state index contributed by atoms with van der Waals surface area (Å²) >= 11 is 0. The molecule has 1 aromatic rings. The number of aromatic nitrogens is 1. The van der Waals surface area contributed by atoms with Crippen LogP contribution in [0, 0.1) is 5.92 Å². The fourth-order valence-corrected chi connectivity index (χ4v) is 1.12. The van der Waals surface area contributed by atoms with Crippen LogP contribution in [0.5, 0.6) is 0 Å². The zero-order chi connectivity index (χ0) is 6.81. The summed E-state index contributed by atoms with van der Waals surface area (Å²) in [6.07, 6.45) is 4.31. The highest BCUT2D eigenvalue weighted by Crippen LogP contribution is 2.10. The molecule has 10 heavy (non-hydrogen) atoms. The first-order valence-electron chi connectivity index (χ1n) is 3.53. The molecule has 0 radical (unpaired) electrons. The molecular formula is C7H10N2O. The summed E-state index contributed by atoms with van der Waals surface area (Å²) in [5.74, 6) is 1.78. The Kier molecular flexibility index (Phi) is 1.43. The smallest absolute Gasteiger partial charge is 0.180 e. The van der Waals surface area contributed by atoms with Crippen LogP contribution in [-0.4, -0.2) is 18.1 Å². The first kappa shape index (κ1) is 5.92.